The van der Waals surface area contributed by atoms with E-state index in [1.165, 1.54) is 44.9 Å². The monoisotopic (exact) mass is 527 g/mol. The van der Waals surface area contributed by atoms with Crippen molar-refractivity contribution in [3.8, 4) is 0 Å². The van der Waals surface area contributed by atoms with Crippen LogP contribution in [0.15, 0.2) is 0 Å². The van der Waals surface area contributed by atoms with Gasteiger partial charge in [0.1, 0.15) is 11.8 Å². The molecule has 0 spiro atoms. The SMILES string of the molecule is CC[C@H](CCCCNC(=O)CCCCCCCCCCCCCCC(=O)O)C(=O)CN[C@@H](CO)C(N)=O. The van der Waals surface area contributed by atoms with Crippen LogP contribution in [0, 0.1) is 5.92 Å². The van der Waals surface area contributed by atoms with Gasteiger partial charge in [0.2, 0.25) is 11.8 Å². The van der Waals surface area contributed by atoms with E-state index in [9.17, 15) is 19.2 Å². The molecule has 2 amide bonds. The molecule has 9 heteroatoms. The van der Waals surface area contributed by atoms with Crippen molar-refractivity contribution in [2.45, 2.75) is 129 Å². The molecule has 0 fully saturated rings. The number of aliphatic carboxylic acids is 1. The normalized spacial score (nSPS) is 12.7. The summed E-state index contributed by atoms with van der Waals surface area (Å²) in [5.74, 6) is -1.37. The highest BCUT2D eigenvalue weighted by atomic mass is 16.4. The van der Waals surface area contributed by atoms with Crippen LogP contribution in [0.2, 0.25) is 0 Å². The highest BCUT2D eigenvalue weighted by Crippen LogP contribution is 2.14. The van der Waals surface area contributed by atoms with Crippen LogP contribution < -0.4 is 16.4 Å². The van der Waals surface area contributed by atoms with Gasteiger partial charge in [-0.25, -0.2) is 0 Å². The number of primary amides is 1. The van der Waals surface area contributed by atoms with Crippen molar-refractivity contribution >= 4 is 23.6 Å². The van der Waals surface area contributed by atoms with Gasteiger partial charge in [-0.05, 0) is 32.1 Å². The Kier molecular flexibility index (Phi) is 23.0. The Morgan fingerprint density at radius 1 is 0.757 bits per heavy atom. The summed E-state index contributed by atoms with van der Waals surface area (Å²) in [4.78, 5) is 45.9. The Balaban J connectivity index is 3.57. The molecular formula is C28H53N3O6. The first-order valence-electron chi connectivity index (χ1n) is 14.5. The van der Waals surface area contributed by atoms with E-state index in [1.807, 2.05) is 6.92 Å². The van der Waals surface area contributed by atoms with Crippen molar-refractivity contribution in [2.75, 3.05) is 19.7 Å². The molecule has 37 heavy (non-hydrogen) atoms. The zero-order valence-corrected chi connectivity index (χ0v) is 23.1. The van der Waals surface area contributed by atoms with Gasteiger partial charge in [0.05, 0.1) is 13.2 Å². The standard InChI is InChI=1S/C28H53N3O6/c1-2-23(25(33)21-31-24(22-32)28(29)37)17-15-16-20-30-26(34)18-13-11-9-7-5-3-4-6-8-10-12-14-19-27(35)36/h23-24,31-32H,2-22H2,1H3,(H2,29,37)(H,30,34)(H,35,36)/t23-,24+/m1/s1. The topological polar surface area (TPSA) is 159 Å². The van der Waals surface area contributed by atoms with Gasteiger partial charge in [0.15, 0.2) is 0 Å². The molecule has 0 unspecified atom stereocenters. The first-order valence-corrected chi connectivity index (χ1v) is 14.5. The number of ketones is 1. The number of carboxylic acids is 1. The lowest BCUT2D eigenvalue weighted by atomic mass is 9.94. The van der Waals surface area contributed by atoms with Crippen LogP contribution >= 0.6 is 0 Å². The van der Waals surface area contributed by atoms with Crippen molar-refractivity contribution < 1.29 is 29.4 Å². The molecule has 6 N–H and O–H groups in total. The minimum Gasteiger partial charge on any atom is -0.481 e. The molecule has 0 saturated carbocycles. The lowest BCUT2D eigenvalue weighted by Crippen LogP contribution is -2.46. The maximum absolute atomic E-state index is 12.3. The predicted molar refractivity (Wildman–Crippen MR) is 146 cm³/mol. The summed E-state index contributed by atoms with van der Waals surface area (Å²) in [5, 5.41) is 23.4. The second kappa shape index (κ2) is 24.3. The number of aliphatic hydroxyl groups excluding tert-OH is 1. The van der Waals surface area contributed by atoms with E-state index in [4.69, 9.17) is 15.9 Å². The quantitative estimate of drug-likeness (QED) is 0.101. The molecule has 0 saturated heterocycles. The number of hydrogen-bond donors (Lipinski definition) is 5. The third-order valence-corrected chi connectivity index (χ3v) is 6.84. The Labute approximate surface area is 223 Å². The van der Waals surface area contributed by atoms with Gasteiger partial charge in [-0.3, -0.25) is 24.5 Å². The molecule has 0 aromatic carbocycles. The smallest absolute Gasteiger partial charge is 0.303 e. The number of Topliss-reactive ketones (excluding diaryl/α,β-unsaturated/α-hetero) is 1. The number of hydrogen-bond acceptors (Lipinski definition) is 6. The molecule has 0 rings (SSSR count). The number of unbranched alkanes of at least 4 members (excludes halogenated alkanes) is 12. The van der Waals surface area contributed by atoms with Crippen LogP contribution in [0.25, 0.3) is 0 Å². The first-order chi connectivity index (χ1) is 17.8. The van der Waals surface area contributed by atoms with Crippen molar-refractivity contribution in [2.24, 2.45) is 11.7 Å². The number of nitrogens with one attached hydrogen (secondary N) is 2. The number of carbonyl (C=O) groups excluding carboxylic acids is 3. The predicted octanol–water partition coefficient (Wildman–Crippen LogP) is 3.85. The molecule has 0 aliphatic rings. The van der Waals surface area contributed by atoms with Gasteiger partial charge in [-0.1, -0.05) is 77.6 Å². The van der Waals surface area contributed by atoms with E-state index in [-0.39, 0.29) is 24.2 Å². The minimum atomic E-state index is -0.901. The third-order valence-electron chi connectivity index (χ3n) is 6.84. The molecule has 216 valence electrons. The maximum atomic E-state index is 12.3. The van der Waals surface area contributed by atoms with E-state index in [2.05, 4.69) is 10.6 Å². The van der Waals surface area contributed by atoms with Crippen LogP contribution in [0.3, 0.4) is 0 Å². The van der Waals surface area contributed by atoms with Crippen molar-refractivity contribution in [3.63, 3.8) is 0 Å². The second-order valence-electron chi connectivity index (χ2n) is 10.1. The summed E-state index contributed by atoms with van der Waals surface area (Å²) in [5.41, 5.74) is 5.15. The zero-order valence-electron chi connectivity index (χ0n) is 23.1. The number of carboxylic acid groups (broad SMARTS) is 1. The lowest BCUT2D eigenvalue weighted by molar-refractivity contribution is -0.137. The fraction of sp³-hybridized carbons (Fsp3) is 0.857. The summed E-state index contributed by atoms with van der Waals surface area (Å²) in [6.07, 6.45) is 17.5. The van der Waals surface area contributed by atoms with Crippen molar-refractivity contribution in [3.05, 3.63) is 0 Å². The van der Waals surface area contributed by atoms with Gasteiger partial charge in [0, 0.05) is 25.3 Å². The molecule has 0 aromatic rings. The summed E-state index contributed by atoms with van der Waals surface area (Å²) < 4.78 is 0. The minimum absolute atomic E-state index is 0.0104. The molecule has 2 atom stereocenters. The first kappa shape index (κ1) is 35.0. The fourth-order valence-electron chi connectivity index (χ4n) is 4.38. The van der Waals surface area contributed by atoms with E-state index in [1.54, 1.807) is 0 Å². The number of aliphatic hydroxyl groups is 1. The number of carbonyl (C=O) groups is 4. The summed E-state index contributed by atoms with van der Waals surface area (Å²) in [7, 11) is 0. The molecule has 0 aliphatic heterocycles. The van der Waals surface area contributed by atoms with Crippen LogP contribution in [-0.4, -0.2) is 59.5 Å². The zero-order chi connectivity index (χ0) is 27.7. The van der Waals surface area contributed by atoms with E-state index >= 15 is 0 Å². The molecule has 0 heterocycles. The number of amides is 2. The Morgan fingerprint density at radius 3 is 1.73 bits per heavy atom. The molecule has 0 aliphatic carbocycles. The van der Waals surface area contributed by atoms with Gasteiger partial charge in [-0.2, -0.15) is 0 Å². The third kappa shape index (κ3) is 21.8. The Hall–Kier alpha value is -2.00. The van der Waals surface area contributed by atoms with Crippen LogP contribution in [-0.2, 0) is 19.2 Å². The molecule has 0 aromatic heterocycles. The summed E-state index contributed by atoms with van der Waals surface area (Å²) >= 11 is 0. The average molecular weight is 528 g/mol. The van der Waals surface area contributed by atoms with Crippen molar-refractivity contribution in [1.82, 2.24) is 10.6 Å². The van der Waals surface area contributed by atoms with Gasteiger partial charge < -0.3 is 21.3 Å². The fourth-order valence-corrected chi connectivity index (χ4v) is 4.38. The Morgan fingerprint density at radius 2 is 1.27 bits per heavy atom. The van der Waals surface area contributed by atoms with E-state index in [0.29, 0.717) is 25.8 Å². The van der Waals surface area contributed by atoms with Crippen LogP contribution in [0.5, 0.6) is 0 Å². The van der Waals surface area contributed by atoms with Gasteiger partial charge >= 0.3 is 5.97 Å². The number of nitrogens with two attached hydrogens (primary N) is 1. The highest BCUT2D eigenvalue weighted by molar-refractivity contribution is 5.85. The maximum Gasteiger partial charge on any atom is 0.303 e. The number of rotatable bonds is 27. The molecule has 9 nitrogen and oxygen atoms in total. The largest absolute Gasteiger partial charge is 0.481 e. The van der Waals surface area contributed by atoms with Crippen LogP contribution in [0.1, 0.15) is 122 Å². The van der Waals surface area contributed by atoms with Gasteiger partial charge in [0.25, 0.3) is 0 Å². The molecule has 0 bridgehead atoms. The summed E-state index contributed by atoms with van der Waals surface area (Å²) in [6.45, 7) is 2.16. The lowest BCUT2D eigenvalue weighted by Gasteiger charge is -2.17. The molecule has 0 radical (unpaired) electrons. The van der Waals surface area contributed by atoms with E-state index in [0.717, 1.165) is 51.4 Å². The second-order valence-corrected chi connectivity index (χ2v) is 10.1. The Bertz CT molecular complexity index is 629. The van der Waals surface area contributed by atoms with Gasteiger partial charge in [-0.15, -0.1) is 0 Å². The average Bonchev–Trinajstić information content (AvgIpc) is 2.86. The highest BCUT2D eigenvalue weighted by Gasteiger charge is 2.19. The van der Waals surface area contributed by atoms with Crippen LogP contribution in [0.4, 0.5) is 0 Å². The van der Waals surface area contributed by atoms with E-state index < -0.39 is 24.5 Å². The molecular weight excluding hydrogens is 474 g/mol. The van der Waals surface area contributed by atoms with Crippen molar-refractivity contribution in [1.29, 1.82) is 0 Å². The summed E-state index contributed by atoms with van der Waals surface area (Å²) in [6, 6.07) is -0.901.